The summed E-state index contributed by atoms with van der Waals surface area (Å²) in [6, 6.07) is 1.90. The third kappa shape index (κ3) is 2.62. The third-order valence-electron chi connectivity index (χ3n) is 3.29. The second-order valence-electron chi connectivity index (χ2n) is 5.06. The van der Waals surface area contributed by atoms with Gasteiger partial charge in [0.15, 0.2) is 0 Å². The number of rotatable bonds is 4. The second-order valence-corrected chi connectivity index (χ2v) is 5.06. The van der Waals surface area contributed by atoms with E-state index in [2.05, 4.69) is 10.6 Å². The average Bonchev–Trinajstić information content (AvgIpc) is 2.37. The van der Waals surface area contributed by atoms with Crippen LogP contribution in [-0.4, -0.2) is 21.4 Å². The molecule has 0 spiro atoms. The summed E-state index contributed by atoms with van der Waals surface area (Å²) in [5.41, 5.74) is -1.86. The highest BCUT2D eigenvalue weighted by Crippen LogP contribution is 2.38. The monoisotopic (exact) mass is 294 g/mol. The van der Waals surface area contributed by atoms with Gasteiger partial charge < -0.3 is 10.6 Å². The Morgan fingerprint density at radius 2 is 1.86 bits per heavy atom. The molecule has 9 nitrogen and oxygen atoms in total. The van der Waals surface area contributed by atoms with Gasteiger partial charge in [0.1, 0.15) is 11.4 Å². The van der Waals surface area contributed by atoms with E-state index in [1.807, 2.05) is 6.92 Å². The first kappa shape index (κ1) is 14.7. The van der Waals surface area contributed by atoms with Gasteiger partial charge in [0.05, 0.1) is 21.5 Å². The van der Waals surface area contributed by atoms with Gasteiger partial charge in [0.2, 0.25) is 0 Å². The van der Waals surface area contributed by atoms with Crippen LogP contribution >= 0.6 is 0 Å². The Balaban J connectivity index is 2.62. The van der Waals surface area contributed by atoms with E-state index in [4.69, 9.17) is 0 Å². The van der Waals surface area contributed by atoms with E-state index in [1.54, 1.807) is 6.92 Å². The number of anilines is 1. The van der Waals surface area contributed by atoms with Crippen LogP contribution in [0.25, 0.3) is 0 Å². The molecule has 0 bridgehead atoms. The van der Waals surface area contributed by atoms with Crippen LogP contribution in [0.2, 0.25) is 0 Å². The number of hydrogen-bond acceptors (Lipinski definition) is 6. The molecule has 1 aliphatic rings. The average molecular weight is 294 g/mol. The molecule has 112 valence electrons. The van der Waals surface area contributed by atoms with Crippen molar-refractivity contribution in [1.29, 1.82) is 0 Å². The van der Waals surface area contributed by atoms with Crippen molar-refractivity contribution in [2.24, 2.45) is 0 Å². The van der Waals surface area contributed by atoms with Crippen molar-refractivity contribution in [3.05, 3.63) is 37.9 Å². The molecule has 1 aromatic rings. The highest BCUT2D eigenvalue weighted by atomic mass is 16.6. The Labute approximate surface area is 119 Å². The molecule has 9 heteroatoms. The minimum absolute atomic E-state index is 0.0188. The van der Waals surface area contributed by atoms with Crippen molar-refractivity contribution in [3.63, 3.8) is 0 Å². The molecule has 1 heterocycles. The van der Waals surface area contributed by atoms with E-state index in [0.717, 1.165) is 18.6 Å². The van der Waals surface area contributed by atoms with E-state index in [1.165, 1.54) is 0 Å². The molecule has 0 aromatic heterocycles. The topological polar surface area (TPSA) is 127 Å². The number of non-ortho nitro benzene ring substituents is 1. The van der Waals surface area contributed by atoms with Crippen molar-refractivity contribution in [3.8, 4) is 0 Å². The maximum absolute atomic E-state index is 12.1. The lowest BCUT2D eigenvalue weighted by molar-refractivity contribution is -0.393. The van der Waals surface area contributed by atoms with E-state index >= 15 is 0 Å². The highest BCUT2D eigenvalue weighted by Gasteiger charge is 2.38. The molecule has 1 aromatic carbocycles. The third-order valence-corrected chi connectivity index (χ3v) is 3.29. The zero-order chi connectivity index (χ0) is 15.8. The lowest BCUT2D eigenvalue weighted by Gasteiger charge is -2.37. The van der Waals surface area contributed by atoms with Crippen LogP contribution in [0.5, 0.6) is 0 Å². The first-order valence-electron chi connectivity index (χ1n) is 6.35. The lowest BCUT2D eigenvalue weighted by Crippen LogP contribution is -2.55. The van der Waals surface area contributed by atoms with Gasteiger partial charge >= 0.3 is 0 Å². The number of amides is 1. The lowest BCUT2D eigenvalue weighted by atomic mass is 9.98. The van der Waals surface area contributed by atoms with Crippen molar-refractivity contribution < 1.29 is 14.6 Å². The summed E-state index contributed by atoms with van der Waals surface area (Å²) in [7, 11) is 0. The van der Waals surface area contributed by atoms with Crippen LogP contribution < -0.4 is 10.6 Å². The molecule has 0 aliphatic carbocycles. The number of benzene rings is 1. The van der Waals surface area contributed by atoms with Gasteiger partial charge in [0, 0.05) is 6.07 Å². The number of nitrogens with zero attached hydrogens (tertiary/aromatic N) is 2. The van der Waals surface area contributed by atoms with Crippen LogP contribution in [0.15, 0.2) is 12.1 Å². The fraction of sp³-hybridized carbons (Fsp3) is 0.417. The van der Waals surface area contributed by atoms with Crippen LogP contribution in [-0.2, 0) is 0 Å². The Morgan fingerprint density at radius 1 is 1.19 bits per heavy atom. The summed E-state index contributed by atoms with van der Waals surface area (Å²) < 4.78 is 0. The molecular weight excluding hydrogens is 280 g/mol. The number of fused-ring (bicyclic) bond motifs is 1. The Hall–Kier alpha value is -2.71. The maximum Gasteiger partial charge on any atom is 0.300 e. The maximum atomic E-state index is 12.1. The smallest absolute Gasteiger partial charge is 0.300 e. The molecule has 1 amide bonds. The molecule has 2 N–H and O–H groups in total. The summed E-state index contributed by atoms with van der Waals surface area (Å²) in [4.78, 5) is 32.6. The number of carbonyl (C=O) groups is 1. The fourth-order valence-electron chi connectivity index (χ4n) is 2.42. The van der Waals surface area contributed by atoms with Gasteiger partial charge in [-0.25, -0.2) is 0 Å². The van der Waals surface area contributed by atoms with Gasteiger partial charge in [-0.3, -0.25) is 25.0 Å². The number of nitro benzene ring substituents is 2. The number of nitrogens with one attached hydrogen (secondary N) is 2. The van der Waals surface area contributed by atoms with Gasteiger partial charge in [0.25, 0.3) is 17.3 Å². The van der Waals surface area contributed by atoms with Crippen LogP contribution in [0.3, 0.4) is 0 Å². The molecule has 2 rings (SSSR count). The Morgan fingerprint density at radius 3 is 2.38 bits per heavy atom. The van der Waals surface area contributed by atoms with Crippen molar-refractivity contribution in [2.45, 2.75) is 32.4 Å². The molecule has 1 unspecified atom stereocenters. The van der Waals surface area contributed by atoms with Gasteiger partial charge in [-0.05, 0) is 13.3 Å². The van der Waals surface area contributed by atoms with Crippen molar-refractivity contribution in [1.82, 2.24) is 5.32 Å². The largest absolute Gasteiger partial charge is 0.357 e. The first-order chi connectivity index (χ1) is 9.77. The molecular formula is C12H14N4O5. The van der Waals surface area contributed by atoms with E-state index in [-0.39, 0.29) is 11.3 Å². The summed E-state index contributed by atoms with van der Waals surface area (Å²) >= 11 is 0. The molecule has 0 saturated carbocycles. The van der Waals surface area contributed by atoms with Gasteiger partial charge in [-0.15, -0.1) is 0 Å². The second kappa shape index (κ2) is 5.00. The summed E-state index contributed by atoms with van der Waals surface area (Å²) in [5, 5.41) is 27.6. The SMILES string of the molecule is CCCC1(C)NC(=O)c2cc([N+](=O)[O-])cc([N+](=O)[O-])c2N1. The zero-order valence-corrected chi connectivity index (χ0v) is 11.5. The molecule has 1 atom stereocenters. The van der Waals surface area contributed by atoms with Crippen molar-refractivity contribution >= 4 is 23.0 Å². The normalized spacial score (nSPS) is 20.2. The van der Waals surface area contributed by atoms with E-state index < -0.39 is 32.8 Å². The minimum atomic E-state index is -0.820. The molecule has 0 saturated heterocycles. The number of hydrogen-bond donors (Lipinski definition) is 2. The van der Waals surface area contributed by atoms with Crippen LogP contribution in [0.1, 0.15) is 37.0 Å². The summed E-state index contributed by atoms with van der Waals surface area (Å²) in [5.74, 6) is -0.563. The molecule has 0 fully saturated rings. The summed E-state index contributed by atoms with van der Waals surface area (Å²) in [6.45, 7) is 3.63. The van der Waals surface area contributed by atoms with Gasteiger partial charge in [-0.2, -0.15) is 0 Å². The van der Waals surface area contributed by atoms with Crippen LogP contribution in [0.4, 0.5) is 17.1 Å². The number of carbonyl (C=O) groups excluding carboxylic acids is 1. The standard InChI is InChI=1S/C12H14N4O5/c1-3-4-12(2)13-10-8(11(17)14-12)5-7(15(18)19)6-9(10)16(20)21/h5-6,13H,3-4H2,1-2H3,(H,14,17). The van der Waals surface area contributed by atoms with Crippen LogP contribution in [0, 0.1) is 20.2 Å². The zero-order valence-electron chi connectivity index (χ0n) is 11.5. The number of nitro groups is 2. The van der Waals surface area contributed by atoms with Gasteiger partial charge in [-0.1, -0.05) is 13.3 Å². The fourth-order valence-corrected chi connectivity index (χ4v) is 2.42. The minimum Gasteiger partial charge on any atom is -0.357 e. The molecule has 0 radical (unpaired) electrons. The van der Waals surface area contributed by atoms with E-state index in [9.17, 15) is 25.0 Å². The first-order valence-corrected chi connectivity index (χ1v) is 6.35. The molecule has 21 heavy (non-hydrogen) atoms. The summed E-state index contributed by atoms with van der Waals surface area (Å²) in [6.07, 6.45) is 1.31. The van der Waals surface area contributed by atoms with Crippen molar-refractivity contribution in [2.75, 3.05) is 5.32 Å². The quantitative estimate of drug-likeness (QED) is 0.647. The van der Waals surface area contributed by atoms with E-state index in [0.29, 0.717) is 6.42 Å². The Bertz CT molecular complexity index is 628. The predicted molar refractivity (Wildman–Crippen MR) is 74.2 cm³/mol. The highest BCUT2D eigenvalue weighted by molar-refractivity contribution is 6.05. The predicted octanol–water partition coefficient (Wildman–Crippen LogP) is 2.17. The molecule has 1 aliphatic heterocycles. The Kier molecular flexibility index (Phi) is 3.50.